The number of furan rings is 1. The fraction of sp³-hybridized carbons (Fsp3) is 0. The van der Waals surface area contributed by atoms with E-state index >= 15 is 0 Å². The first-order valence-corrected chi connectivity index (χ1v) is 22.1. The van der Waals surface area contributed by atoms with Crippen LogP contribution in [0.3, 0.4) is 0 Å². The molecule has 0 aliphatic rings. The van der Waals surface area contributed by atoms with Gasteiger partial charge in [0, 0.05) is 66.0 Å². The molecule has 3 heterocycles. The average Bonchev–Trinajstić information content (AvgIpc) is 3.93. The molecule has 0 saturated heterocycles. The number of fused-ring (bicyclic) bond motifs is 10. The summed E-state index contributed by atoms with van der Waals surface area (Å²) in [6, 6.07) is 84.5. The van der Waals surface area contributed by atoms with E-state index in [1.807, 2.05) is 12.1 Å². The van der Waals surface area contributed by atoms with E-state index in [1.165, 1.54) is 38.5 Å². The van der Waals surface area contributed by atoms with Gasteiger partial charge in [0.2, 0.25) is 0 Å². The number of hydrogen-bond acceptors (Lipinski definition) is 3. The molecule has 0 atom stereocenters. The van der Waals surface area contributed by atoms with Crippen LogP contribution in [-0.4, -0.2) is 9.55 Å². The summed E-state index contributed by atoms with van der Waals surface area (Å²) in [4.78, 5) is 7.63. The lowest BCUT2D eigenvalue weighted by Crippen LogP contribution is -2.09. The molecule has 0 saturated carbocycles. The highest BCUT2D eigenvalue weighted by molar-refractivity contribution is 6.24. The molecule has 4 heteroatoms. The maximum absolute atomic E-state index is 6.60. The van der Waals surface area contributed by atoms with Crippen molar-refractivity contribution in [3.63, 3.8) is 0 Å². The third-order valence-corrected chi connectivity index (χ3v) is 13.0. The van der Waals surface area contributed by atoms with Gasteiger partial charge in [-0.05, 0) is 107 Å². The van der Waals surface area contributed by atoms with Crippen molar-refractivity contribution in [2.24, 2.45) is 0 Å². The Kier molecular flexibility index (Phi) is 8.50. The molecule has 0 fully saturated rings. The minimum Gasteiger partial charge on any atom is -0.455 e. The summed E-state index contributed by atoms with van der Waals surface area (Å²) in [5, 5.41) is 7.95. The van der Waals surface area contributed by atoms with Crippen LogP contribution < -0.4 is 4.90 Å². The van der Waals surface area contributed by atoms with Crippen LogP contribution in [0.25, 0.3) is 105 Å². The Morgan fingerprint density at radius 3 is 1.60 bits per heavy atom. The van der Waals surface area contributed by atoms with Gasteiger partial charge >= 0.3 is 0 Å². The summed E-state index contributed by atoms with van der Waals surface area (Å²) in [6.07, 6.45) is 0. The molecule has 10 aromatic carbocycles. The number of aromatic nitrogens is 2. The van der Waals surface area contributed by atoms with Crippen molar-refractivity contribution in [1.29, 1.82) is 0 Å². The molecule has 0 unspecified atom stereocenters. The topological polar surface area (TPSA) is 34.2 Å². The van der Waals surface area contributed by atoms with Gasteiger partial charge in [-0.2, -0.15) is 0 Å². The highest BCUT2D eigenvalue weighted by Gasteiger charge is 2.19. The molecule has 0 aliphatic heterocycles. The lowest BCUT2D eigenvalue weighted by Gasteiger charge is -2.26. The van der Waals surface area contributed by atoms with Crippen LogP contribution in [0, 0.1) is 0 Å². The third kappa shape index (κ3) is 6.11. The Balaban J connectivity index is 0.911. The number of nitrogens with zero attached hydrogens (tertiary/aromatic N) is 3. The fourth-order valence-corrected chi connectivity index (χ4v) is 9.90. The second-order valence-electron chi connectivity index (χ2n) is 16.7. The van der Waals surface area contributed by atoms with Gasteiger partial charge < -0.3 is 13.9 Å². The summed E-state index contributed by atoms with van der Waals surface area (Å²) in [6.45, 7) is 0. The van der Waals surface area contributed by atoms with Gasteiger partial charge in [0.05, 0.1) is 22.2 Å². The summed E-state index contributed by atoms with van der Waals surface area (Å²) in [5.74, 6) is 0. The quantitative estimate of drug-likeness (QED) is 0.150. The number of pyridine rings is 1. The van der Waals surface area contributed by atoms with Crippen LogP contribution in [0.2, 0.25) is 0 Å². The molecule has 0 amide bonds. The van der Waals surface area contributed by atoms with Gasteiger partial charge in [-0.1, -0.05) is 152 Å². The molecule has 3 aromatic heterocycles. The molecule has 13 aromatic rings. The van der Waals surface area contributed by atoms with Crippen molar-refractivity contribution in [3.05, 3.63) is 237 Å². The molecule has 65 heavy (non-hydrogen) atoms. The van der Waals surface area contributed by atoms with Crippen molar-refractivity contribution in [1.82, 2.24) is 9.55 Å². The number of anilines is 3. The number of benzene rings is 10. The molecular formula is C61H39N3O. The van der Waals surface area contributed by atoms with Gasteiger partial charge in [-0.3, -0.25) is 0 Å². The van der Waals surface area contributed by atoms with Gasteiger partial charge in [-0.25, -0.2) is 4.98 Å². The first kappa shape index (κ1) is 36.9. The highest BCUT2D eigenvalue weighted by atomic mass is 16.3. The largest absolute Gasteiger partial charge is 0.455 e. The Hall–Kier alpha value is -8.73. The second kappa shape index (κ2) is 15.0. The predicted octanol–water partition coefficient (Wildman–Crippen LogP) is 16.9. The van der Waals surface area contributed by atoms with Crippen LogP contribution in [0.1, 0.15) is 0 Å². The van der Waals surface area contributed by atoms with E-state index in [4.69, 9.17) is 9.40 Å². The molecular weight excluding hydrogens is 791 g/mol. The summed E-state index contributed by atoms with van der Waals surface area (Å²) in [7, 11) is 0. The molecule has 304 valence electrons. The van der Waals surface area contributed by atoms with E-state index in [9.17, 15) is 0 Å². The zero-order valence-corrected chi connectivity index (χ0v) is 35.3. The van der Waals surface area contributed by atoms with E-state index in [0.717, 1.165) is 83.2 Å². The zero-order chi connectivity index (χ0) is 42.8. The molecule has 0 N–H and O–H groups in total. The van der Waals surface area contributed by atoms with E-state index < -0.39 is 0 Å². The minimum absolute atomic E-state index is 0.889. The number of para-hydroxylation sites is 4. The van der Waals surface area contributed by atoms with E-state index in [0.29, 0.717) is 0 Å². The minimum atomic E-state index is 0.889. The summed E-state index contributed by atoms with van der Waals surface area (Å²) >= 11 is 0. The summed E-state index contributed by atoms with van der Waals surface area (Å²) in [5.41, 5.74) is 16.2. The Morgan fingerprint density at radius 2 is 0.877 bits per heavy atom. The monoisotopic (exact) mass is 829 g/mol. The molecule has 0 radical (unpaired) electrons. The van der Waals surface area contributed by atoms with Crippen LogP contribution in [0.5, 0.6) is 0 Å². The van der Waals surface area contributed by atoms with Crippen molar-refractivity contribution >= 4 is 82.5 Å². The fourth-order valence-electron chi connectivity index (χ4n) is 9.90. The average molecular weight is 830 g/mol. The standard InChI is InChI=1S/C61H39N3O/c1-3-13-40(14-4-1)41-23-30-46(31-24-41)63(47-32-25-42(26-33-47)44-29-38-57-54(39-44)49-17-8-11-21-56(49)64(57)45-15-5-2-6-16-45)48-34-27-43(28-35-48)60-53-37-36-51-50-18-9-12-22-58(50)65-61(51)59(53)52-19-7-10-20-55(52)62-60/h1-39H. The third-order valence-electron chi connectivity index (χ3n) is 13.0. The van der Waals surface area contributed by atoms with E-state index in [-0.39, 0.29) is 0 Å². The molecule has 0 aliphatic carbocycles. The SMILES string of the molecule is c1ccc(-c2ccc(N(c3ccc(-c4ccc5c(c4)c4ccccc4n5-c4ccccc4)cc3)c3ccc(-c4nc5ccccc5c5c4ccc4c6ccccc6oc45)cc3)cc2)cc1. The molecule has 4 nitrogen and oxygen atoms in total. The van der Waals surface area contributed by atoms with Gasteiger partial charge in [0.1, 0.15) is 11.2 Å². The van der Waals surface area contributed by atoms with E-state index in [1.54, 1.807) is 0 Å². The molecule has 0 spiro atoms. The van der Waals surface area contributed by atoms with Crippen LogP contribution >= 0.6 is 0 Å². The number of hydrogen-bond donors (Lipinski definition) is 0. The van der Waals surface area contributed by atoms with Crippen molar-refractivity contribution in [2.75, 3.05) is 4.90 Å². The zero-order valence-electron chi connectivity index (χ0n) is 35.3. The highest BCUT2D eigenvalue weighted by Crippen LogP contribution is 2.43. The maximum Gasteiger partial charge on any atom is 0.144 e. The molecule has 0 bridgehead atoms. The van der Waals surface area contributed by atoms with Crippen LogP contribution in [0.4, 0.5) is 17.1 Å². The van der Waals surface area contributed by atoms with Crippen molar-refractivity contribution in [3.8, 4) is 39.2 Å². The van der Waals surface area contributed by atoms with Gasteiger partial charge in [-0.15, -0.1) is 0 Å². The normalized spacial score (nSPS) is 11.7. The van der Waals surface area contributed by atoms with Gasteiger partial charge in [0.15, 0.2) is 0 Å². The maximum atomic E-state index is 6.60. The van der Waals surface area contributed by atoms with Crippen LogP contribution in [-0.2, 0) is 0 Å². The Bertz CT molecular complexity index is 3910. The Labute approximate surface area is 375 Å². The molecule has 13 rings (SSSR count). The van der Waals surface area contributed by atoms with Crippen molar-refractivity contribution < 1.29 is 4.42 Å². The number of rotatable bonds is 7. The van der Waals surface area contributed by atoms with Crippen molar-refractivity contribution in [2.45, 2.75) is 0 Å². The first-order valence-electron chi connectivity index (χ1n) is 22.1. The summed E-state index contributed by atoms with van der Waals surface area (Å²) < 4.78 is 8.97. The predicted molar refractivity (Wildman–Crippen MR) is 272 cm³/mol. The van der Waals surface area contributed by atoms with Crippen LogP contribution in [0.15, 0.2) is 241 Å². The van der Waals surface area contributed by atoms with E-state index in [2.05, 4.69) is 234 Å². The lowest BCUT2D eigenvalue weighted by molar-refractivity contribution is 0.673. The van der Waals surface area contributed by atoms with Gasteiger partial charge in [0.25, 0.3) is 0 Å². The Morgan fingerprint density at radius 1 is 0.354 bits per heavy atom. The second-order valence-corrected chi connectivity index (χ2v) is 16.7. The first-order chi connectivity index (χ1) is 32.2. The lowest BCUT2D eigenvalue weighted by atomic mass is 9.97. The smallest absolute Gasteiger partial charge is 0.144 e.